The van der Waals surface area contributed by atoms with Crippen molar-refractivity contribution in [3.05, 3.63) is 23.8 Å². The van der Waals surface area contributed by atoms with Crippen molar-refractivity contribution in [2.24, 2.45) is 0 Å². The molecule has 0 aliphatic rings. The molecular weight excluding hydrogens is 192 g/mol. The van der Waals surface area contributed by atoms with Crippen LogP contribution in [-0.4, -0.2) is 22.9 Å². The maximum atomic E-state index is 9.47. The lowest BCUT2D eigenvalue weighted by molar-refractivity contribution is 0.185. The molecule has 1 aromatic rings. The average molecular weight is 210 g/mol. The van der Waals surface area contributed by atoms with Crippen LogP contribution in [0.25, 0.3) is 0 Å². The number of hydrogen-bond donors (Lipinski definition) is 2. The number of rotatable bonds is 5. The van der Waals surface area contributed by atoms with E-state index in [2.05, 4.69) is 0 Å². The molecule has 0 saturated heterocycles. The number of aliphatic hydroxyl groups excluding tert-OH is 1. The second-order valence-corrected chi connectivity index (χ2v) is 3.62. The first-order valence-electron chi connectivity index (χ1n) is 5.26. The number of phenols is 1. The molecule has 0 heterocycles. The summed E-state index contributed by atoms with van der Waals surface area (Å²) >= 11 is 0. The normalized spacial score (nSPS) is 12.5. The molecule has 1 unspecified atom stereocenters. The fourth-order valence-corrected chi connectivity index (χ4v) is 1.36. The summed E-state index contributed by atoms with van der Waals surface area (Å²) < 4.78 is 5.27. The van der Waals surface area contributed by atoms with E-state index in [1.54, 1.807) is 13.0 Å². The summed E-state index contributed by atoms with van der Waals surface area (Å²) in [5, 5.41) is 18.6. The Morgan fingerprint density at radius 3 is 2.73 bits per heavy atom. The Hall–Kier alpha value is -1.22. The predicted octanol–water partition coefficient (Wildman–Crippen LogP) is 2.10. The highest BCUT2D eigenvalue weighted by Gasteiger charge is 2.04. The molecular formula is C12H18O3. The third kappa shape index (κ3) is 3.80. The molecule has 0 aliphatic heterocycles. The summed E-state index contributed by atoms with van der Waals surface area (Å²) in [7, 11) is 0. The average Bonchev–Trinajstić information content (AvgIpc) is 2.19. The molecule has 84 valence electrons. The molecule has 0 aromatic heterocycles. The standard InChI is InChI=1S/C12H18O3/c1-3-15-12-8-10(5-4-9(2)13)6-7-11(12)14/h6-9,13-14H,3-5H2,1-2H3. The first-order valence-corrected chi connectivity index (χ1v) is 5.26. The van der Waals surface area contributed by atoms with Gasteiger partial charge in [0.05, 0.1) is 12.7 Å². The van der Waals surface area contributed by atoms with Gasteiger partial charge in [-0.3, -0.25) is 0 Å². The Morgan fingerprint density at radius 1 is 1.40 bits per heavy atom. The fourth-order valence-electron chi connectivity index (χ4n) is 1.36. The minimum Gasteiger partial charge on any atom is -0.504 e. The van der Waals surface area contributed by atoms with E-state index in [-0.39, 0.29) is 11.9 Å². The zero-order valence-electron chi connectivity index (χ0n) is 9.23. The van der Waals surface area contributed by atoms with Crippen LogP contribution in [0, 0.1) is 0 Å². The number of benzene rings is 1. The van der Waals surface area contributed by atoms with Gasteiger partial charge in [0.25, 0.3) is 0 Å². The van der Waals surface area contributed by atoms with Crippen LogP contribution in [0.15, 0.2) is 18.2 Å². The zero-order valence-corrected chi connectivity index (χ0v) is 9.23. The van der Waals surface area contributed by atoms with Crippen LogP contribution in [0.4, 0.5) is 0 Å². The van der Waals surface area contributed by atoms with Crippen LogP contribution in [0.3, 0.4) is 0 Å². The molecule has 1 atom stereocenters. The summed E-state index contributed by atoms with van der Waals surface area (Å²) in [5.41, 5.74) is 1.07. The Bertz CT molecular complexity index is 308. The van der Waals surface area contributed by atoms with Crippen LogP contribution in [0.5, 0.6) is 11.5 Å². The minimum atomic E-state index is -0.297. The van der Waals surface area contributed by atoms with Crippen molar-refractivity contribution >= 4 is 0 Å². The summed E-state index contributed by atoms with van der Waals surface area (Å²) in [6, 6.07) is 5.30. The van der Waals surface area contributed by atoms with Crippen molar-refractivity contribution in [2.75, 3.05) is 6.61 Å². The number of aromatic hydroxyl groups is 1. The van der Waals surface area contributed by atoms with E-state index in [1.165, 1.54) is 0 Å². The molecule has 0 aliphatic carbocycles. The summed E-state index contributed by atoms with van der Waals surface area (Å²) in [6.07, 6.45) is 1.21. The molecule has 15 heavy (non-hydrogen) atoms. The molecule has 0 bridgehead atoms. The number of phenolic OH excluding ortho intramolecular Hbond substituents is 1. The highest BCUT2D eigenvalue weighted by Crippen LogP contribution is 2.27. The van der Waals surface area contributed by atoms with Crippen LogP contribution in [-0.2, 0) is 6.42 Å². The van der Waals surface area contributed by atoms with Gasteiger partial charge in [0.1, 0.15) is 0 Å². The van der Waals surface area contributed by atoms with Crippen molar-refractivity contribution in [3.63, 3.8) is 0 Å². The SMILES string of the molecule is CCOc1cc(CCC(C)O)ccc1O. The Balaban J connectivity index is 2.69. The maximum absolute atomic E-state index is 9.47. The molecule has 1 aromatic carbocycles. The highest BCUT2D eigenvalue weighted by atomic mass is 16.5. The van der Waals surface area contributed by atoms with Gasteiger partial charge in [0.2, 0.25) is 0 Å². The van der Waals surface area contributed by atoms with E-state index >= 15 is 0 Å². The number of aryl methyl sites for hydroxylation is 1. The van der Waals surface area contributed by atoms with E-state index in [4.69, 9.17) is 9.84 Å². The predicted molar refractivity (Wildman–Crippen MR) is 59.3 cm³/mol. The summed E-state index contributed by atoms with van der Waals surface area (Å²) in [6.45, 7) is 4.18. The number of aliphatic hydroxyl groups is 1. The smallest absolute Gasteiger partial charge is 0.161 e. The van der Waals surface area contributed by atoms with Crippen molar-refractivity contribution in [3.8, 4) is 11.5 Å². The lowest BCUT2D eigenvalue weighted by atomic mass is 10.1. The first kappa shape index (κ1) is 11.9. The van der Waals surface area contributed by atoms with Gasteiger partial charge < -0.3 is 14.9 Å². The Kier molecular flexibility index (Phi) is 4.43. The van der Waals surface area contributed by atoms with Crippen molar-refractivity contribution in [1.82, 2.24) is 0 Å². The topological polar surface area (TPSA) is 49.7 Å². The lowest BCUT2D eigenvalue weighted by Gasteiger charge is -2.09. The second-order valence-electron chi connectivity index (χ2n) is 3.62. The van der Waals surface area contributed by atoms with E-state index in [1.807, 2.05) is 19.1 Å². The molecule has 3 heteroatoms. The second kappa shape index (κ2) is 5.61. The largest absolute Gasteiger partial charge is 0.504 e. The van der Waals surface area contributed by atoms with Crippen molar-refractivity contribution in [1.29, 1.82) is 0 Å². The Morgan fingerprint density at radius 2 is 2.13 bits per heavy atom. The first-order chi connectivity index (χ1) is 7.13. The third-order valence-corrected chi connectivity index (χ3v) is 2.17. The van der Waals surface area contributed by atoms with Crippen molar-refractivity contribution < 1.29 is 14.9 Å². The van der Waals surface area contributed by atoms with Gasteiger partial charge in [-0.15, -0.1) is 0 Å². The maximum Gasteiger partial charge on any atom is 0.161 e. The Labute approximate surface area is 90.3 Å². The van der Waals surface area contributed by atoms with Gasteiger partial charge in [0.15, 0.2) is 11.5 Å². The van der Waals surface area contributed by atoms with Gasteiger partial charge >= 0.3 is 0 Å². The van der Waals surface area contributed by atoms with E-state index in [0.29, 0.717) is 12.4 Å². The molecule has 0 spiro atoms. The van der Waals surface area contributed by atoms with Crippen molar-refractivity contribution in [2.45, 2.75) is 32.8 Å². The highest BCUT2D eigenvalue weighted by molar-refractivity contribution is 5.41. The van der Waals surface area contributed by atoms with Gasteiger partial charge in [0, 0.05) is 0 Å². The number of hydrogen-bond acceptors (Lipinski definition) is 3. The van der Waals surface area contributed by atoms with Crippen LogP contribution in [0.1, 0.15) is 25.8 Å². The fraction of sp³-hybridized carbons (Fsp3) is 0.500. The summed E-state index contributed by atoms with van der Waals surface area (Å²) in [5.74, 6) is 0.679. The summed E-state index contributed by atoms with van der Waals surface area (Å²) in [4.78, 5) is 0. The minimum absolute atomic E-state index is 0.164. The lowest BCUT2D eigenvalue weighted by Crippen LogP contribution is -2.01. The van der Waals surface area contributed by atoms with Gasteiger partial charge in [-0.2, -0.15) is 0 Å². The molecule has 0 saturated carbocycles. The molecule has 3 nitrogen and oxygen atoms in total. The van der Waals surface area contributed by atoms with Gasteiger partial charge in [-0.1, -0.05) is 6.07 Å². The van der Waals surface area contributed by atoms with Crippen LogP contribution >= 0.6 is 0 Å². The molecule has 0 fully saturated rings. The van der Waals surface area contributed by atoms with E-state index in [0.717, 1.165) is 18.4 Å². The van der Waals surface area contributed by atoms with Crippen LogP contribution < -0.4 is 4.74 Å². The van der Waals surface area contributed by atoms with E-state index < -0.39 is 0 Å². The monoisotopic (exact) mass is 210 g/mol. The molecule has 0 amide bonds. The molecule has 2 N–H and O–H groups in total. The van der Waals surface area contributed by atoms with E-state index in [9.17, 15) is 5.11 Å². The zero-order chi connectivity index (χ0) is 11.3. The third-order valence-electron chi connectivity index (χ3n) is 2.17. The van der Waals surface area contributed by atoms with Gasteiger partial charge in [-0.05, 0) is 44.4 Å². The van der Waals surface area contributed by atoms with Gasteiger partial charge in [-0.25, -0.2) is 0 Å². The molecule has 1 rings (SSSR count). The molecule has 0 radical (unpaired) electrons. The number of ether oxygens (including phenoxy) is 1. The van der Waals surface area contributed by atoms with Crippen LogP contribution in [0.2, 0.25) is 0 Å². The quantitative estimate of drug-likeness (QED) is 0.782.